The molecule has 1 aromatic rings. The second-order valence-corrected chi connectivity index (χ2v) is 5.38. The van der Waals surface area contributed by atoms with Crippen LogP contribution in [0.2, 0.25) is 0 Å². The Labute approximate surface area is 99.0 Å². The first-order chi connectivity index (χ1) is 7.11. The average Bonchev–Trinajstić information content (AvgIpc) is 2.35. The van der Waals surface area contributed by atoms with Gasteiger partial charge in [-0.3, -0.25) is 4.79 Å². The van der Waals surface area contributed by atoms with E-state index >= 15 is 0 Å². The summed E-state index contributed by atoms with van der Waals surface area (Å²) in [6.45, 7) is 4.13. The van der Waals surface area contributed by atoms with Crippen LogP contribution in [0.5, 0.6) is 0 Å². The van der Waals surface area contributed by atoms with Crippen molar-refractivity contribution in [1.29, 1.82) is 0 Å². The fourth-order valence-electron chi connectivity index (χ4n) is 2.28. The molecule has 15 heavy (non-hydrogen) atoms. The number of Topliss-reactive ketones (excluding diaryl/α,β-unsaturated/α-hetero) is 1. The Morgan fingerprint density at radius 2 is 1.93 bits per heavy atom. The van der Waals surface area contributed by atoms with Crippen LogP contribution in [0, 0.1) is 13.8 Å². The van der Waals surface area contributed by atoms with Crippen molar-refractivity contribution < 1.29 is 4.79 Å². The van der Waals surface area contributed by atoms with Crippen LogP contribution >= 0.6 is 15.9 Å². The zero-order chi connectivity index (χ0) is 11.0. The number of carbonyl (C=O) groups is 1. The molecule has 1 aromatic carbocycles. The third kappa shape index (κ3) is 1.87. The fourth-order valence-corrected chi connectivity index (χ4v) is 2.83. The van der Waals surface area contributed by atoms with Crippen molar-refractivity contribution in [2.24, 2.45) is 0 Å². The molecule has 1 atom stereocenters. The van der Waals surface area contributed by atoms with Crippen LogP contribution in [0.3, 0.4) is 0 Å². The molecule has 0 bridgehead atoms. The second-order valence-electron chi connectivity index (χ2n) is 4.28. The molecule has 1 unspecified atom stereocenters. The Balaban J connectivity index is 2.62. The number of halogens is 1. The summed E-state index contributed by atoms with van der Waals surface area (Å²) in [5.41, 5.74) is 4.61. The van der Waals surface area contributed by atoms with Crippen molar-refractivity contribution in [2.75, 3.05) is 0 Å². The molecule has 0 N–H and O–H groups in total. The molecule has 0 aliphatic heterocycles. The van der Waals surface area contributed by atoms with Crippen molar-refractivity contribution in [2.45, 2.75) is 37.9 Å². The predicted molar refractivity (Wildman–Crippen MR) is 65.9 cm³/mol. The molecule has 1 aliphatic rings. The molecule has 2 heteroatoms. The van der Waals surface area contributed by atoms with Crippen LogP contribution in [0.25, 0.3) is 0 Å². The van der Waals surface area contributed by atoms with Crippen molar-refractivity contribution in [3.63, 3.8) is 0 Å². The summed E-state index contributed by atoms with van der Waals surface area (Å²) in [7, 11) is 0. The standard InChI is InChI=1S/C13H15BrO/c1-8-6-7-9(2)12-10(8)4-3-5-11(14)13(12)15/h6-7,11H,3-5H2,1-2H3. The molecule has 0 spiro atoms. The smallest absolute Gasteiger partial charge is 0.177 e. The van der Waals surface area contributed by atoms with E-state index in [0.29, 0.717) is 0 Å². The lowest BCUT2D eigenvalue weighted by Gasteiger charge is -2.12. The van der Waals surface area contributed by atoms with E-state index in [1.165, 1.54) is 11.1 Å². The van der Waals surface area contributed by atoms with Gasteiger partial charge in [0.25, 0.3) is 0 Å². The van der Waals surface area contributed by atoms with Crippen LogP contribution in [0.15, 0.2) is 12.1 Å². The van der Waals surface area contributed by atoms with Gasteiger partial charge in [0.15, 0.2) is 5.78 Å². The molecule has 0 amide bonds. The summed E-state index contributed by atoms with van der Waals surface area (Å²) < 4.78 is 0. The van der Waals surface area contributed by atoms with Gasteiger partial charge in [0, 0.05) is 5.56 Å². The summed E-state index contributed by atoms with van der Waals surface area (Å²) in [6.07, 6.45) is 3.09. The minimum Gasteiger partial charge on any atom is -0.293 e. The van der Waals surface area contributed by atoms with Gasteiger partial charge in [-0.25, -0.2) is 0 Å². The van der Waals surface area contributed by atoms with Gasteiger partial charge in [0.05, 0.1) is 4.83 Å². The summed E-state index contributed by atoms with van der Waals surface area (Å²) in [5.74, 6) is 0.267. The number of aryl methyl sites for hydroxylation is 2. The van der Waals surface area contributed by atoms with Gasteiger partial charge in [0.1, 0.15) is 0 Å². The molecule has 2 rings (SSSR count). The quantitative estimate of drug-likeness (QED) is 0.518. The molecule has 0 fully saturated rings. The highest BCUT2D eigenvalue weighted by Gasteiger charge is 2.25. The maximum atomic E-state index is 12.2. The number of ketones is 1. The number of rotatable bonds is 0. The van der Waals surface area contributed by atoms with E-state index in [0.717, 1.165) is 30.4 Å². The van der Waals surface area contributed by atoms with Crippen LogP contribution in [-0.2, 0) is 6.42 Å². The Morgan fingerprint density at radius 1 is 1.27 bits per heavy atom. The molecular formula is C13H15BrO. The summed E-state index contributed by atoms with van der Waals surface area (Å²) in [6, 6.07) is 4.17. The second kappa shape index (κ2) is 4.09. The Morgan fingerprint density at radius 3 is 2.67 bits per heavy atom. The Kier molecular flexibility index (Phi) is 2.96. The minimum absolute atomic E-state index is 0.0132. The SMILES string of the molecule is Cc1ccc(C)c2c1CCCC(Br)C2=O. The number of alkyl halides is 1. The Hall–Kier alpha value is -0.630. The van der Waals surface area contributed by atoms with Crippen LogP contribution in [0.1, 0.15) is 39.9 Å². The Bertz CT molecular complexity index is 409. The van der Waals surface area contributed by atoms with Crippen LogP contribution < -0.4 is 0 Å². The molecule has 80 valence electrons. The maximum absolute atomic E-state index is 12.2. The highest BCUT2D eigenvalue weighted by Crippen LogP contribution is 2.29. The summed E-state index contributed by atoms with van der Waals surface area (Å²) in [5, 5.41) is 0. The highest BCUT2D eigenvalue weighted by atomic mass is 79.9. The zero-order valence-electron chi connectivity index (χ0n) is 9.14. The van der Waals surface area contributed by atoms with Gasteiger partial charge in [-0.1, -0.05) is 28.1 Å². The normalized spacial score (nSPS) is 21.0. The van der Waals surface area contributed by atoms with Gasteiger partial charge >= 0.3 is 0 Å². The summed E-state index contributed by atoms with van der Waals surface area (Å²) >= 11 is 3.48. The molecule has 0 radical (unpaired) electrons. The molecular weight excluding hydrogens is 252 g/mol. The van der Waals surface area contributed by atoms with Crippen molar-refractivity contribution in [1.82, 2.24) is 0 Å². The van der Waals surface area contributed by atoms with Crippen LogP contribution in [0.4, 0.5) is 0 Å². The lowest BCUT2D eigenvalue weighted by molar-refractivity contribution is 0.0990. The number of benzene rings is 1. The van der Waals surface area contributed by atoms with Gasteiger partial charge in [-0.05, 0) is 49.8 Å². The predicted octanol–water partition coefficient (Wildman–Crippen LogP) is 3.59. The van der Waals surface area contributed by atoms with Gasteiger partial charge in [-0.15, -0.1) is 0 Å². The van der Waals surface area contributed by atoms with Crippen molar-refractivity contribution in [3.8, 4) is 0 Å². The van der Waals surface area contributed by atoms with Crippen LogP contribution in [-0.4, -0.2) is 10.6 Å². The van der Waals surface area contributed by atoms with E-state index < -0.39 is 0 Å². The third-order valence-electron chi connectivity index (χ3n) is 3.17. The largest absolute Gasteiger partial charge is 0.293 e. The topological polar surface area (TPSA) is 17.1 Å². The van der Waals surface area contributed by atoms with E-state index in [4.69, 9.17) is 0 Å². The molecule has 1 nitrogen and oxygen atoms in total. The van der Waals surface area contributed by atoms with E-state index in [9.17, 15) is 4.79 Å². The lowest BCUT2D eigenvalue weighted by atomic mass is 9.93. The number of hydrogen-bond donors (Lipinski definition) is 0. The third-order valence-corrected chi connectivity index (χ3v) is 4.04. The first-order valence-electron chi connectivity index (χ1n) is 5.38. The molecule has 0 saturated carbocycles. The van der Waals surface area contributed by atoms with E-state index in [1.54, 1.807) is 0 Å². The molecule has 1 aliphatic carbocycles. The van der Waals surface area contributed by atoms with Crippen molar-refractivity contribution >= 4 is 21.7 Å². The molecule has 0 aromatic heterocycles. The van der Waals surface area contributed by atoms with Gasteiger partial charge in [0.2, 0.25) is 0 Å². The van der Waals surface area contributed by atoms with E-state index in [2.05, 4.69) is 35.0 Å². The maximum Gasteiger partial charge on any atom is 0.177 e. The molecule has 0 saturated heterocycles. The lowest BCUT2D eigenvalue weighted by Crippen LogP contribution is -2.14. The number of carbonyl (C=O) groups excluding carboxylic acids is 1. The fraction of sp³-hybridized carbons (Fsp3) is 0.462. The number of fused-ring (bicyclic) bond motifs is 1. The first-order valence-corrected chi connectivity index (χ1v) is 6.30. The average molecular weight is 267 g/mol. The number of hydrogen-bond acceptors (Lipinski definition) is 1. The van der Waals surface area contributed by atoms with Gasteiger partial charge < -0.3 is 0 Å². The zero-order valence-corrected chi connectivity index (χ0v) is 10.7. The monoisotopic (exact) mass is 266 g/mol. The summed E-state index contributed by atoms with van der Waals surface area (Å²) in [4.78, 5) is 12.2. The highest BCUT2D eigenvalue weighted by molar-refractivity contribution is 9.10. The van der Waals surface area contributed by atoms with Crippen molar-refractivity contribution in [3.05, 3.63) is 34.4 Å². The van der Waals surface area contributed by atoms with Gasteiger partial charge in [-0.2, -0.15) is 0 Å². The van der Waals surface area contributed by atoms with E-state index in [1.807, 2.05) is 6.92 Å². The first kappa shape index (κ1) is 10.9. The molecule has 0 heterocycles. The van der Waals surface area contributed by atoms with E-state index in [-0.39, 0.29) is 10.6 Å². The minimum atomic E-state index is 0.0132.